The first-order valence-electron chi connectivity index (χ1n) is 12.7. The van der Waals surface area contributed by atoms with Crippen LogP contribution in [0.5, 0.6) is 11.8 Å². The van der Waals surface area contributed by atoms with E-state index >= 15 is 8.78 Å². The summed E-state index contributed by atoms with van der Waals surface area (Å²) in [4.78, 5) is 28.9. The van der Waals surface area contributed by atoms with Gasteiger partial charge in [0.15, 0.2) is 17.4 Å². The summed E-state index contributed by atoms with van der Waals surface area (Å²) >= 11 is 3.56. The van der Waals surface area contributed by atoms with Crippen LogP contribution in [0, 0.1) is 25.5 Å². The zero-order valence-corrected chi connectivity index (χ0v) is 24.9. The SMILES string of the molecule is Cc1ccnc(Oc2ccc(-n3c(-c4c(C)cc(NC(=O)OC(C)(C)C)cc4F)c(Br)c4ncnc(N)c43)cc2F)n1. The molecule has 13 heteroatoms. The van der Waals surface area contributed by atoms with Crippen molar-refractivity contribution >= 4 is 44.6 Å². The molecule has 0 fully saturated rings. The highest BCUT2D eigenvalue weighted by atomic mass is 79.9. The van der Waals surface area contributed by atoms with E-state index in [4.69, 9.17) is 15.2 Å². The molecule has 0 aliphatic rings. The van der Waals surface area contributed by atoms with Gasteiger partial charge in [0, 0.05) is 34.9 Å². The van der Waals surface area contributed by atoms with E-state index in [1.165, 1.54) is 30.7 Å². The molecule has 3 aromatic heterocycles. The number of hydrogen-bond donors (Lipinski definition) is 2. The summed E-state index contributed by atoms with van der Waals surface area (Å²) in [7, 11) is 0. The van der Waals surface area contributed by atoms with Crippen molar-refractivity contribution in [3.8, 4) is 28.7 Å². The number of amides is 1. The number of nitrogens with two attached hydrogens (primary N) is 1. The minimum absolute atomic E-state index is 0.00748. The lowest BCUT2D eigenvalue weighted by atomic mass is 10.0. The maximum absolute atomic E-state index is 15.9. The number of anilines is 2. The van der Waals surface area contributed by atoms with Crippen LogP contribution in [0.15, 0.2) is 53.4 Å². The minimum Gasteiger partial charge on any atom is -0.444 e. The quantitative estimate of drug-likeness (QED) is 0.206. The minimum atomic E-state index is -0.729. The molecule has 1 amide bonds. The Morgan fingerprint density at radius 1 is 1.05 bits per heavy atom. The van der Waals surface area contributed by atoms with E-state index in [1.807, 2.05) is 0 Å². The standard InChI is InChI=1S/C29H26BrF2N7O3/c1-14-10-16(38-28(40)42-29(3,4)5)11-19(32)21(14)24-22(30)23-25(26(33)36-13-35-23)39(24)17-6-7-20(18(31)12-17)41-27-34-9-8-15(2)37-27/h6-13H,1-5H3,(H,38,40)(H2,33,35,36). The number of carbonyl (C=O) groups excluding carboxylic acids is 1. The molecule has 216 valence electrons. The number of nitrogens with one attached hydrogen (secondary N) is 1. The van der Waals surface area contributed by atoms with E-state index in [1.54, 1.807) is 57.4 Å². The third-order valence-electron chi connectivity index (χ3n) is 6.03. The van der Waals surface area contributed by atoms with E-state index in [-0.39, 0.29) is 28.8 Å². The fourth-order valence-electron chi connectivity index (χ4n) is 4.40. The van der Waals surface area contributed by atoms with Crippen molar-refractivity contribution in [1.82, 2.24) is 24.5 Å². The maximum atomic E-state index is 15.9. The van der Waals surface area contributed by atoms with Gasteiger partial charge in [-0.3, -0.25) is 5.32 Å². The highest BCUT2D eigenvalue weighted by Crippen LogP contribution is 2.43. The van der Waals surface area contributed by atoms with Crippen molar-refractivity contribution in [1.29, 1.82) is 0 Å². The second kappa shape index (κ2) is 11.0. The predicted molar refractivity (Wildman–Crippen MR) is 158 cm³/mol. The number of fused-ring (bicyclic) bond motifs is 1. The number of halogens is 3. The van der Waals surface area contributed by atoms with Gasteiger partial charge in [0.2, 0.25) is 0 Å². The number of nitrogen functional groups attached to an aromatic ring is 1. The van der Waals surface area contributed by atoms with Gasteiger partial charge in [-0.05, 0) is 86.4 Å². The van der Waals surface area contributed by atoms with Gasteiger partial charge in [0.05, 0.1) is 10.2 Å². The molecule has 0 radical (unpaired) electrons. The van der Waals surface area contributed by atoms with Crippen LogP contribution in [-0.2, 0) is 4.74 Å². The summed E-state index contributed by atoms with van der Waals surface area (Å²) in [6, 6.07) is 8.68. The molecule has 42 heavy (non-hydrogen) atoms. The number of ether oxygens (including phenoxy) is 2. The Bertz CT molecular complexity index is 1830. The summed E-state index contributed by atoms with van der Waals surface area (Å²) in [5.74, 6) is -1.38. The fourth-order valence-corrected chi connectivity index (χ4v) is 5.06. The van der Waals surface area contributed by atoms with Crippen LogP contribution in [0.1, 0.15) is 32.0 Å². The second-order valence-electron chi connectivity index (χ2n) is 10.4. The first-order chi connectivity index (χ1) is 19.8. The van der Waals surface area contributed by atoms with Crippen molar-refractivity contribution in [2.24, 2.45) is 0 Å². The van der Waals surface area contributed by atoms with E-state index in [0.29, 0.717) is 38.1 Å². The largest absolute Gasteiger partial charge is 0.444 e. The van der Waals surface area contributed by atoms with Crippen LogP contribution in [-0.4, -0.2) is 36.2 Å². The number of rotatable bonds is 5. The van der Waals surface area contributed by atoms with E-state index in [2.05, 4.69) is 41.2 Å². The Morgan fingerprint density at radius 3 is 2.48 bits per heavy atom. The molecule has 0 aliphatic heterocycles. The first kappa shape index (κ1) is 28.9. The van der Waals surface area contributed by atoms with Gasteiger partial charge >= 0.3 is 12.1 Å². The molecule has 0 unspecified atom stereocenters. The summed E-state index contributed by atoms with van der Waals surface area (Å²) in [5.41, 5.74) is 8.36. The number of carbonyl (C=O) groups is 1. The molecule has 3 heterocycles. The average molecular weight is 638 g/mol. The molecule has 5 aromatic rings. The molecule has 2 aromatic carbocycles. The zero-order chi connectivity index (χ0) is 30.3. The molecule has 0 atom stereocenters. The molecule has 0 saturated heterocycles. The molecule has 0 spiro atoms. The Hall–Kier alpha value is -4.65. The number of aromatic nitrogens is 5. The first-order valence-corrected chi connectivity index (χ1v) is 13.5. The number of nitrogens with zero attached hydrogens (tertiary/aromatic N) is 5. The molecule has 5 rings (SSSR count). The number of hydrogen-bond acceptors (Lipinski definition) is 8. The summed E-state index contributed by atoms with van der Waals surface area (Å²) in [6.45, 7) is 8.62. The highest BCUT2D eigenvalue weighted by Gasteiger charge is 2.26. The molecular formula is C29H26BrF2N7O3. The van der Waals surface area contributed by atoms with Crippen molar-refractivity contribution in [2.75, 3.05) is 11.1 Å². The lowest BCUT2D eigenvalue weighted by molar-refractivity contribution is 0.0636. The van der Waals surface area contributed by atoms with E-state index in [0.717, 1.165) is 0 Å². The van der Waals surface area contributed by atoms with Gasteiger partial charge in [0.1, 0.15) is 28.8 Å². The van der Waals surface area contributed by atoms with Crippen molar-refractivity contribution in [2.45, 2.75) is 40.2 Å². The monoisotopic (exact) mass is 637 g/mol. The smallest absolute Gasteiger partial charge is 0.412 e. The third kappa shape index (κ3) is 5.73. The Balaban J connectivity index is 1.63. The maximum Gasteiger partial charge on any atom is 0.412 e. The predicted octanol–water partition coefficient (Wildman–Crippen LogP) is 7.26. The van der Waals surface area contributed by atoms with Crippen LogP contribution in [0.2, 0.25) is 0 Å². The van der Waals surface area contributed by atoms with Crippen molar-refractivity contribution in [3.63, 3.8) is 0 Å². The zero-order valence-electron chi connectivity index (χ0n) is 23.3. The fraction of sp³-hybridized carbons (Fsp3) is 0.207. The summed E-state index contributed by atoms with van der Waals surface area (Å²) < 4.78 is 44.1. The van der Waals surface area contributed by atoms with Gasteiger partial charge < -0.3 is 19.8 Å². The third-order valence-corrected chi connectivity index (χ3v) is 6.78. The van der Waals surface area contributed by atoms with Crippen molar-refractivity contribution in [3.05, 3.63) is 76.3 Å². The van der Waals surface area contributed by atoms with Gasteiger partial charge in [-0.2, -0.15) is 0 Å². The van der Waals surface area contributed by atoms with Gasteiger partial charge in [-0.15, -0.1) is 0 Å². The van der Waals surface area contributed by atoms with Crippen LogP contribution in [0.3, 0.4) is 0 Å². The number of aryl methyl sites for hydroxylation is 2. The summed E-state index contributed by atoms with van der Waals surface area (Å²) in [5, 5.41) is 2.56. The molecule has 0 aliphatic carbocycles. The van der Waals surface area contributed by atoms with E-state index in [9.17, 15) is 4.79 Å². The summed E-state index contributed by atoms with van der Waals surface area (Å²) in [6.07, 6.45) is 2.07. The lowest BCUT2D eigenvalue weighted by Crippen LogP contribution is -2.27. The van der Waals surface area contributed by atoms with Gasteiger partial charge in [-0.25, -0.2) is 33.5 Å². The molecule has 0 bridgehead atoms. The Morgan fingerprint density at radius 2 is 1.81 bits per heavy atom. The highest BCUT2D eigenvalue weighted by molar-refractivity contribution is 9.10. The van der Waals surface area contributed by atoms with Gasteiger partial charge in [-0.1, -0.05) is 0 Å². The van der Waals surface area contributed by atoms with Crippen LogP contribution in [0.25, 0.3) is 28.0 Å². The average Bonchev–Trinajstić information content (AvgIpc) is 3.17. The second-order valence-corrected chi connectivity index (χ2v) is 11.2. The lowest BCUT2D eigenvalue weighted by Gasteiger charge is -2.20. The van der Waals surface area contributed by atoms with Gasteiger partial charge in [0.25, 0.3) is 0 Å². The number of benzene rings is 2. The topological polar surface area (TPSA) is 130 Å². The van der Waals surface area contributed by atoms with Crippen molar-refractivity contribution < 1.29 is 23.0 Å². The molecule has 0 saturated carbocycles. The van der Waals surface area contributed by atoms with E-state index < -0.39 is 23.3 Å². The normalized spacial score (nSPS) is 11.5. The molecule has 10 nitrogen and oxygen atoms in total. The van der Waals surface area contributed by atoms with Crippen LogP contribution >= 0.6 is 15.9 Å². The Kier molecular flexibility index (Phi) is 7.54. The van der Waals surface area contributed by atoms with Crippen LogP contribution in [0.4, 0.5) is 25.1 Å². The molecular weight excluding hydrogens is 612 g/mol. The Labute approximate surface area is 248 Å². The van der Waals surface area contributed by atoms with Crippen LogP contribution < -0.4 is 15.8 Å². The molecule has 3 N–H and O–H groups in total.